The minimum atomic E-state index is -0.686. The third-order valence-electron chi connectivity index (χ3n) is 3.38. The fraction of sp³-hybridized carbons (Fsp3) is 0.176. The van der Waals surface area contributed by atoms with Crippen LogP contribution in [0, 0.1) is 13.8 Å². The first kappa shape index (κ1) is 12.8. The Kier molecular flexibility index (Phi) is 3.20. The van der Waals surface area contributed by atoms with E-state index in [-0.39, 0.29) is 0 Å². The molecule has 3 aromatic rings. The number of benzene rings is 1. The monoisotopic (exact) mass is 264 g/mol. The Bertz CT molecular complexity index is 742. The van der Waals surface area contributed by atoms with E-state index in [2.05, 4.69) is 9.97 Å². The number of hydrogen-bond donors (Lipinski definition) is 1. The normalized spacial score (nSPS) is 12.6. The van der Waals surface area contributed by atoms with Crippen LogP contribution in [0.3, 0.4) is 0 Å². The van der Waals surface area contributed by atoms with E-state index in [1.54, 1.807) is 6.20 Å². The molecule has 1 atom stereocenters. The lowest BCUT2D eigenvalue weighted by Gasteiger charge is -2.14. The molecule has 0 aliphatic rings. The lowest BCUT2D eigenvalue weighted by Crippen LogP contribution is -2.03. The Hall–Kier alpha value is -2.26. The van der Waals surface area contributed by atoms with Crippen molar-refractivity contribution < 1.29 is 5.11 Å². The number of fused-ring (bicyclic) bond motifs is 1. The third-order valence-corrected chi connectivity index (χ3v) is 3.38. The molecular weight excluding hydrogens is 248 g/mol. The second-order valence-corrected chi connectivity index (χ2v) is 5.01. The highest BCUT2D eigenvalue weighted by molar-refractivity contribution is 5.82. The molecule has 0 fully saturated rings. The van der Waals surface area contributed by atoms with Gasteiger partial charge in [0.1, 0.15) is 6.10 Å². The SMILES string of the molecule is Cc1cc(C(O)c2cccc3cccnc23)cc(C)n1. The van der Waals surface area contributed by atoms with E-state index in [9.17, 15) is 5.11 Å². The maximum atomic E-state index is 10.7. The van der Waals surface area contributed by atoms with Crippen molar-refractivity contribution in [1.82, 2.24) is 9.97 Å². The predicted molar refractivity (Wildman–Crippen MR) is 79.5 cm³/mol. The topological polar surface area (TPSA) is 46.0 Å². The summed E-state index contributed by atoms with van der Waals surface area (Å²) in [6.45, 7) is 3.87. The van der Waals surface area contributed by atoms with Crippen LogP contribution >= 0.6 is 0 Å². The Balaban J connectivity index is 2.15. The summed E-state index contributed by atoms with van der Waals surface area (Å²) in [5.41, 5.74) is 4.34. The zero-order valence-electron chi connectivity index (χ0n) is 11.5. The van der Waals surface area contributed by atoms with Gasteiger partial charge in [-0.2, -0.15) is 0 Å². The number of nitrogens with zero attached hydrogens (tertiary/aromatic N) is 2. The summed E-state index contributed by atoms with van der Waals surface area (Å²) in [4.78, 5) is 8.74. The molecule has 0 aliphatic carbocycles. The predicted octanol–water partition coefficient (Wildman–Crippen LogP) is 3.33. The van der Waals surface area contributed by atoms with Crippen molar-refractivity contribution in [2.45, 2.75) is 20.0 Å². The highest BCUT2D eigenvalue weighted by Crippen LogP contribution is 2.28. The van der Waals surface area contributed by atoms with E-state index in [0.29, 0.717) is 0 Å². The molecule has 0 saturated heterocycles. The van der Waals surface area contributed by atoms with E-state index in [0.717, 1.165) is 33.4 Å². The van der Waals surface area contributed by atoms with Gasteiger partial charge in [-0.15, -0.1) is 0 Å². The minimum absolute atomic E-state index is 0.686. The molecule has 3 heteroatoms. The second kappa shape index (κ2) is 5.02. The molecule has 1 unspecified atom stereocenters. The van der Waals surface area contributed by atoms with Crippen molar-refractivity contribution in [3.8, 4) is 0 Å². The summed E-state index contributed by atoms with van der Waals surface area (Å²) in [5.74, 6) is 0. The third kappa shape index (κ3) is 2.28. The molecule has 2 heterocycles. The first-order valence-electron chi connectivity index (χ1n) is 6.62. The van der Waals surface area contributed by atoms with Gasteiger partial charge >= 0.3 is 0 Å². The molecule has 1 N–H and O–H groups in total. The van der Waals surface area contributed by atoms with Gasteiger partial charge < -0.3 is 5.11 Å². The summed E-state index contributed by atoms with van der Waals surface area (Å²) >= 11 is 0. The van der Waals surface area contributed by atoms with Crippen molar-refractivity contribution in [3.63, 3.8) is 0 Å². The van der Waals surface area contributed by atoms with E-state index in [1.807, 2.05) is 56.3 Å². The molecule has 0 amide bonds. The highest BCUT2D eigenvalue weighted by atomic mass is 16.3. The number of pyridine rings is 2. The first-order chi connectivity index (χ1) is 9.65. The lowest BCUT2D eigenvalue weighted by atomic mass is 9.98. The maximum Gasteiger partial charge on any atom is 0.106 e. The van der Waals surface area contributed by atoms with Crippen LogP contribution in [0.4, 0.5) is 0 Å². The van der Waals surface area contributed by atoms with Crippen LogP contribution in [-0.4, -0.2) is 15.1 Å². The summed E-state index contributed by atoms with van der Waals surface area (Å²) < 4.78 is 0. The number of hydrogen-bond acceptors (Lipinski definition) is 3. The fourth-order valence-electron chi connectivity index (χ4n) is 2.55. The Morgan fingerprint density at radius 3 is 2.45 bits per heavy atom. The summed E-state index contributed by atoms with van der Waals surface area (Å²) in [6, 6.07) is 13.6. The van der Waals surface area contributed by atoms with Gasteiger partial charge in [-0.05, 0) is 37.6 Å². The number of aromatic nitrogens is 2. The standard InChI is InChI=1S/C17H16N2O/c1-11-9-14(10-12(2)19-11)17(20)15-7-3-5-13-6-4-8-18-16(13)15/h3-10,17,20H,1-2H3. The number of rotatable bonds is 2. The van der Waals surface area contributed by atoms with E-state index < -0.39 is 6.10 Å². The maximum absolute atomic E-state index is 10.7. The van der Waals surface area contributed by atoms with E-state index >= 15 is 0 Å². The van der Waals surface area contributed by atoms with Crippen molar-refractivity contribution in [1.29, 1.82) is 0 Å². The average Bonchev–Trinajstić information content (AvgIpc) is 2.45. The summed E-state index contributed by atoms with van der Waals surface area (Å²) in [6.07, 6.45) is 1.07. The number of para-hydroxylation sites is 1. The molecule has 0 spiro atoms. The van der Waals surface area contributed by atoms with E-state index in [1.165, 1.54) is 0 Å². The van der Waals surface area contributed by atoms with Gasteiger partial charge in [-0.3, -0.25) is 9.97 Å². The zero-order chi connectivity index (χ0) is 14.1. The smallest absolute Gasteiger partial charge is 0.106 e. The molecule has 0 bridgehead atoms. The molecule has 100 valence electrons. The number of aliphatic hydroxyl groups is 1. The van der Waals surface area contributed by atoms with Crippen LogP contribution in [0.15, 0.2) is 48.7 Å². The molecular formula is C17H16N2O. The van der Waals surface area contributed by atoms with E-state index in [4.69, 9.17) is 0 Å². The molecule has 20 heavy (non-hydrogen) atoms. The van der Waals surface area contributed by atoms with Gasteiger partial charge in [-0.25, -0.2) is 0 Å². The first-order valence-corrected chi connectivity index (χ1v) is 6.62. The molecule has 0 radical (unpaired) electrons. The van der Waals surface area contributed by atoms with Gasteiger partial charge in [0.2, 0.25) is 0 Å². The molecule has 0 saturated carbocycles. The van der Waals surface area contributed by atoms with Crippen LogP contribution in [0.25, 0.3) is 10.9 Å². The van der Waals surface area contributed by atoms with Crippen LogP contribution in [0.2, 0.25) is 0 Å². The van der Waals surface area contributed by atoms with Crippen molar-refractivity contribution in [2.24, 2.45) is 0 Å². The van der Waals surface area contributed by atoms with Crippen LogP contribution in [0.1, 0.15) is 28.6 Å². The van der Waals surface area contributed by atoms with Crippen LogP contribution in [-0.2, 0) is 0 Å². The molecule has 0 aliphatic heterocycles. The van der Waals surface area contributed by atoms with Gasteiger partial charge in [-0.1, -0.05) is 24.3 Å². The Morgan fingerprint density at radius 1 is 1.00 bits per heavy atom. The molecule has 2 aromatic heterocycles. The van der Waals surface area contributed by atoms with Gasteiger partial charge in [0, 0.05) is 28.5 Å². The molecule has 3 rings (SSSR count). The Labute approximate surface area is 117 Å². The zero-order valence-corrected chi connectivity index (χ0v) is 11.5. The Morgan fingerprint density at radius 2 is 1.70 bits per heavy atom. The van der Waals surface area contributed by atoms with Crippen LogP contribution < -0.4 is 0 Å². The second-order valence-electron chi connectivity index (χ2n) is 5.01. The van der Waals surface area contributed by atoms with Gasteiger partial charge in [0.15, 0.2) is 0 Å². The molecule has 3 nitrogen and oxygen atoms in total. The quantitative estimate of drug-likeness (QED) is 0.772. The van der Waals surface area contributed by atoms with Crippen molar-refractivity contribution in [2.75, 3.05) is 0 Å². The largest absolute Gasteiger partial charge is 0.384 e. The van der Waals surface area contributed by atoms with Crippen molar-refractivity contribution >= 4 is 10.9 Å². The van der Waals surface area contributed by atoms with Crippen LogP contribution in [0.5, 0.6) is 0 Å². The van der Waals surface area contributed by atoms with Crippen molar-refractivity contribution in [3.05, 3.63) is 71.2 Å². The minimum Gasteiger partial charge on any atom is -0.384 e. The van der Waals surface area contributed by atoms with Gasteiger partial charge in [0.05, 0.1) is 5.52 Å². The number of aryl methyl sites for hydroxylation is 2. The average molecular weight is 264 g/mol. The molecule has 1 aromatic carbocycles. The summed E-state index contributed by atoms with van der Waals surface area (Å²) in [5, 5.41) is 11.7. The lowest BCUT2D eigenvalue weighted by molar-refractivity contribution is 0.221. The fourth-order valence-corrected chi connectivity index (χ4v) is 2.55. The summed E-state index contributed by atoms with van der Waals surface area (Å²) in [7, 11) is 0. The van der Waals surface area contributed by atoms with Gasteiger partial charge in [0.25, 0.3) is 0 Å². The highest BCUT2D eigenvalue weighted by Gasteiger charge is 2.15. The number of aliphatic hydroxyl groups excluding tert-OH is 1.